The summed E-state index contributed by atoms with van der Waals surface area (Å²) in [7, 11) is 0. The molecule has 1 aromatic heterocycles. The summed E-state index contributed by atoms with van der Waals surface area (Å²) in [4.78, 5) is 7.66. The lowest BCUT2D eigenvalue weighted by molar-refractivity contribution is 0.116. The van der Waals surface area contributed by atoms with Crippen LogP contribution in [0.3, 0.4) is 0 Å². The second-order valence-corrected chi connectivity index (χ2v) is 5.44. The summed E-state index contributed by atoms with van der Waals surface area (Å²) >= 11 is 0. The van der Waals surface area contributed by atoms with E-state index in [1.54, 1.807) is 24.3 Å². The van der Waals surface area contributed by atoms with Crippen LogP contribution in [0.25, 0.3) is 17.0 Å². The maximum atomic E-state index is 10.7. The highest BCUT2D eigenvalue weighted by Crippen LogP contribution is 2.22. The second kappa shape index (κ2) is 4.20. The molecule has 0 saturated heterocycles. The number of rotatable bonds is 2. The second-order valence-electron chi connectivity index (χ2n) is 5.44. The van der Waals surface area contributed by atoms with E-state index < -0.39 is 5.72 Å². The van der Waals surface area contributed by atoms with Crippen LogP contribution in [-0.4, -0.2) is 20.9 Å². The monoisotopic (exact) mass is 278 g/mol. The van der Waals surface area contributed by atoms with E-state index >= 15 is 0 Å². The molecule has 0 bridgehead atoms. The van der Waals surface area contributed by atoms with Gasteiger partial charge in [-0.05, 0) is 41.8 Å². The van der Waals surface area contributed by atoms with Crippen molar-refractivity contribution in [3.63, 3.8) is 0 Å². The minimum absolute atomic E-state index is 0.176. The van der Waals surface area contributed by atoms with Crippen molar-refractivity contribution in [2.45, 2.75) is 12.1 Å². The van der Waals surface area contributed by atoms with Crippen molar-refractivity contribution in [1.82, 2.24) is 4.98 Å². The molecule has 2 aromatic carbocycles. The van der Waals surface area contributed by atoms with E-state index in [9.17, 15) is 10.2 Å². The SMILES string of the molecule is Oc1ccc2c(c1)=CC(O)(Cc1cc3ccccc3[nH]1)N=2. The van der Waals surface area contributed by atoms with E-state index in [1.165, 1.54) is 0 Å². The van der Waals surface area contributed by atoms with Gasteiger partial charge < -0.3 is 15.2 Å². The molecule has 0 amide bonds. The minimum atomic E-state index is -1.27. The fraction of sp³-hybridized carbons (Fsp3) is 0.118. The summed E-state index contributed by atoms with van der Waals surface area (Å²) in [6, 6.07) is 14.9. The maximum absolute atomic E-state index is 10.7. The van der Waals surface area contributed by atoms with Gasteiger partial charge in [0.05, 0.1) is 5.36 Å². The normalized spacial score (nSPS) is 20.0. The fourth-order valence-electron chi connectivity index (χ4n) is 2.85. The molecule has 1 aliphatic heterocycles. The Balaban J connectivity index is 1.74. The van der Waals surface area contributed by atoms with E-state index in [-0.39, 0.29) is 5.75 Å². The Kier molecular flexibility index (Phi) is 2.43. The first-order valence-corrected chi connectivity index (χ1v) is 6.82. The third kappa shape index (κ3) is 2.10. The number of phenols is 1. The number of aromatic hydroxyl groups is 1. The predicted molar refractivity (Wildman–Crippen MR) is 80.3 cm³/mol. The van der Waals surface area contributed by atoms with E-state index in [0.717, 1.165) is 21.8 Å². The van der Waals surface area contributed by atoms with Crippen LogP contribution in [0.15, 0.2) is 53.5 Å². The van der Waals surface area contributed by atoms with Gasteiger partial charge in [0.25, 0.3) is 0 Å². The van der Waals surface area contributed by atoms with Gasteiger partial charge in [-0.1, -0.05) is 18.2 Å². The van der Waals surface area contributed by atoms with Crippen molar-refractivity contribution in [3.05, 3.63) is 64.8 Å². The van der Waals surface area contributed by atoms with Crippen molar-refractivity contribution in [3.8, 4) is 5.75 Å². The number of aliphatic hydroxyl groups is 1. The van der Waals surface area contributed by atoms with Gasteiger partial charge in [-0.2, -0.15) is 0 Å². The van der Waals surface area contributed by atoms with Crippen LogP contribution in [0, 0.1) is 0 Å². The topological polar surface area (TPSA) is 68.6 Å². The van der Waals surface area contributed by atoms with E-state index in [4.69, 9.17) is 0 Å². The van der Waals surface area contributed by atoms with Gasteiger partial charge in [-0.25, -0.2) is 4.99 Å². The minimum Gasteiger partial charge on any atom is -0.508 e. The summed E-state index contributed by atoms with van der Waals surface area (Å²) in [5.41, 5.74) is 0.705. The van der Waals surface area contributed by atoms with Crippen LogP contribution in [0.1, 0.15) is 5.69 Å². The molecule has 1 unspecified atom stereocenters. The summed E-state index contributed by atoms with van der Waals surface area (Å²) in [6.07, 6.45) is 2.06. The average Bonchev–Trinajstić information content (AvgIpc) is 2.97. The van der Waals surface area contributed by atoms with Gasteiger partial charge in [0, 0.05) is 22.9 Å². The van der Waals surface area contributed by atoms with Gasteiger partial charge in [0.2, 0.25) is 0 Å². The van der Waals surface area contributed by atoms with E-state index in [1.807, 2.05) is 30.3 Å². The molecule has 0 saturated carbocycles. The van der Waals surface area contributed by atoms with E-state index in [2.05, 4.69) is 9.98 Å². The van der Waals surface area contributed by atoms with E-state index in [0.29, 0.717) is 11.8 Å². The Morgan fingerprint density at radius 1 is 1.10 bits per heavy atom. The molecule has 0 spiro atoms. The molecule has 2 heterocycles. The molecule has 3 aromatic rings. The molecule has 0 fully saturated rings. The molecule has 0 aliphatic carbocycles. The molecule has 4 heteroatoms. The van der Waals surface area contributed by atoms with Gasteiger partial charge >= 0.3 is 0 Å². The molecular weight excluding hydrogens is 264 g/mol. The number of fused-ring (bicyclic) bond motifs is 2. The molecule has 4 nitrogen and oxygen atoms in total. The van der Waals surface area contributed by atoms with Crippen molar-refractivity contribution in [2.24, 2.45) is 4.99 Å². The number of H-pyrrole nitrogens is 1. The number of benzene rings is 2. The molecular formula is C17H14N2O2. The Labute approximate surface area is 120 Å². The molecule has 0 radical (unpaired) electrons. The number of hydrogen-bond donors (Lipinski definition) is 3. The summed E-state index contributed by atoms with van der Waals surface area (Å²) in [5, 5.41) is 22.7. The van der Waals surface area contributed by atoms with Gasteiger partial charge in [0.1, 0.15) is 5.75 Å². The first-order chi connectivity index (χ1) is 10.1. The predicted octanol–water partition coefficient (Wildman–Crippen LogP) is 1.22. The number of aromatic amines is 1. The number of nitrogens with zero attached hydrogens (tertiary/aromatic N) is 1. The third-order valence-corrected chi connectivity index (χ3v) is 3.75. The lowest BCUT2D eigenvalue weighted by Crippen LogP contribution is -2.24. The molecule has 1 aliphatic rings. The van der Waals surface area contributed by atoms with Gasteiger partial charge in [0.15, 0.2) is 5.72 Å². The number of hydrogen-bond acceptors (Lipinski definition) is 3. The molecule has 1 atom stereocenters. The zero-order chi connectivity index (χ0) is 14.4. The van der Waals surface area contributed by atoms with Crippen LogP contribution in [0.4, 0.5) is 0 Å². The summed E-state index contributed by atoms with van der Waals surface area (Å²) in [6.45, 7) is 0. The first kappa shape index (κ1) is 12.2. The van der Waals surface area contributed by atoms with Crippen molar-refractivity contribution in [2.75, 3.05) is 0 Å². The number of aromatic nitrogens is 1. The summed E-state index contributed by atoms with van der Waals surface area (Å²) in [5.74, 6) is 0.176. The zero-order valence-corrected chi connectivity index (χ0v) is 11.2. The van der Waals surface area contributed by atoms with Crippen molar-refractivity contribution >= 4 is 17.0 Å². The van der Waals surface area contributed by atoms with Crippen LogP contribution in [0.2, 0.25) is 0 Å². The highest BCUT2D eigenvalue weighted by atomic mass is 16.3. The Bertz CT molecular complexity index is 925. The smallest absolute Gasteiger partial charge is 0.182 e. The van der Waals surface area contributed by atoms with Crippen LogP contribution >= 0.6 is 0 Å². The number of phenolic OH excluding ortho intramolecular Hbond substituents is 1. The Morgan fingerprint density at radius 3 is 2.81 bits per heavy atom. The average molecular weight is 278 g/mol. The standard InChI is InChI=1S/C17H14N2O2/c20-14-5-6-16-12(8-14)9-17(21,19-16)10-13-7-11-3-1-2-4-15(11)18-13/h1-9,18,20-21H,10H2. The molecule has 104 valence electrons. The Morgan fingerprint density at radius 2 is 1.95 bits per heavy atom. The number of nitrogens with one attached hydrogen (secondary N) is 1. The van der Waals surface area contributed by atoms with Crippen LogP contribution in [-0.2, 0) is 6.42 Å². The summed E-state index contributed by atoms with van der Waals surface area (Å²) < 4.78 is 0. The molecule has 3 N–H and O–H groups in total. The first-order valence-electron chi connectivity index (χ1n) is 6.82. The molecule has 21 heavy (non-hydrogen) atoms. The Hall–Kier alpha value is -2.59. The molecule has 4 rings (SSSR count). The van der Waals surface area contributed by atoms with Crippen LogP contribution in [0.5, 0.6) is 5.75 Å². The fourth-order valence-corrected chi connectivity index (χ4v) is 2.85. The highest BCUT2D eigenvalue weighted by Gasteiger charge is 2.27. The lowest BCUT2D eigenvalue weighted by atomic mass is 10.1. The van der Waals surface area contributed by atoms with Crippen molar-refractivity contribution < 1.29 is 10.2 Å². The van der Waals surface area contributed by atoms with Crippen molar-refractivity contribution in [1.29, 1.82) is 0 Å². The highest BCUT2D eigenvalue weighted by molar-refractivity contribution is 5.80. The van der Waals surface area contributed by atoms with Gasteiger partial charge in [-0.3, -0.25) is 0 Å². The van der Waals surface area contributed by atoms with Gasteiger partial charge in [-0.15, -0.1) is 0 Å². The third-order valence-electron chi connectivity index (χ3n) is 3.75. The maximum Gasteiger partial charge on any atom is 0.182 e. The zero-order valence-electron chi connectivity index (χ0n) is 11.2. The van der Waals surface area contributed by atoms with Crippen LogP contribution < -0.4 is 10.6 Å². The lowest BCUT2D eigenvalue weighted by Gasteiger charge is -2.15. The quantitative estimate of drug-likeness (QED) is 0.659. The largest absolute Gasteiger partial charge is 0.508 e. The number of para-hydroxylation sites is 1.